The lowest BCUT2D eigenvalue weighted by atomic mass is 10.0. The van der Waals surface area contributed by atoms with E-state index in [1.807, 2.05) is 0 Å². The van der Waals surface area contributed by atoms with Gasteiger partial charge in [0.15, 0.2) is 0 Å². The Kier molecular flexibility index (Phi) is 3.57. The molecule has 1 aliphatic carbocycles. The van der Waals surface area contributed by atoms with Crippen LogP contribution in [0.15, 0.2) is 0 Å². The predicted octanol–water partition coefficient (Wildman–Crippen LogP) is 1.78. The minimum Gasteiger partial charge on any atom is -0.374 e. The third-order valence-electron chi connectivity index (χ3n) is 2.49. The Morgan fingerprint density at radius 2 is 2.18 bits per heavy atom. The van der Waals surface area contributed by atoms with Crippen LogP contribution in [0.2, 0.25) is 0 Å². The van der Waals surface area contributed by atoms with Crippen molar-refractivity contribution in [1.29, 1.82) is 0 Å². The van der Waals surface area contributed by atoms with Crippen LogP contribution in [-0.2, 0) is 9.53 Å². The quantitative estimate of drug-likeness (QED) is 0.580. The van der Waals surface area contributed by atoms with Crippen molar-refractivity contribution in [3.63, 3.8) is 0 Å². The number of hydrogen-bond acceptors (Lipinski definition) is 2. The highest BCUT2D eigenvalue weighted by molar-refractivity contribution is 5.55. The standard InChI is InChI=1S/C9H16O2/c1-11-9(7-10)6-8-4-2-3-5-8/h7-9H,2-6H2,1H3. The first-order valence-electron chi connectivity index (χ1n) is 4.35. The summed E-state index contributed by atoms with van der Waals surface area (Å²) in [7, 11) is 1.61. The maximum absolute atomic E-state index is 10.4. The van der Waals surface area contributed by atoms with Crippen molar-refractivity contribution in [2.24, 2.45) is 5.92 Å². The molecule has 2 heteroatoms. The first-order valence-corrected chi connectivity index (χ1v) is 4.35. The van der Waals surface area contributed by atoms with Gasteiger partial charge in [-0.05, 0) is 12.3 Å². The number of carbonyl (C=O) groups excluding carboxylic acids is 1. The molecule has 1 fully saturated rings. The molecule has 0 heterocycles. The summed E-state index contributed by atoms with van der Waals surface area (Å²) in [6, 6.07) is 0. The van der Waals surface area contributed by atoms with Crippen molar-refractivity contribution in [1.82, 2.24) is 0 Å². The van der Waals surface area contributed by atoms with Crippen LogP contribution in [0, 0.1) is 5.92 Å². The summed E-state index contributed by atoms with van der Waals surface area (Å²) in [5, 5.41) is 0. The molecular weight excluding hydrogens is 140 g/mol. The monoisotopic (exact) mass is 156 g/mol. The van der Waals surface area contributed by atoms with Gasteiger partial charge in [-0.15, -0.1) is 0 Å². The topological polar surface area (TPSA) is 26.3 Å². The Balaban J connectivity index is 2.21. The van der Waals surface area contributed by atoms with E-state index in [1.165, 1.54) is 25.7 Å². The van der Waals surface area contributed by atoms with Gasteiger partial charge in [0.05, 0.1) is 0 Å². The highest BCUT2D eigenvalue weighted by Crippen LogP contribution is 2.28. The SMILES string of the molecule is COC(C=O)CC1CCCC1. The third kappa shape index (κ3) is 2.62. The van der Waals surface area contributed by atoms with Crippen LogP contribution in [0.25, 0.3) is 0 Å². The zero-order valence-corrected chi connectivity index (χ0v) is 7.08. The van der Waals surface area contributed by atoms with Crippen molar-refractivity contribution in [3.8, 4) is 0 Å². The molecule has 1 atom stereocenters. The lowest BCUT2D eigenvalue weighted by Gasteiger charge is -2.12. The minimum absolute atomic E-state index is 0.155. The number of ether oxygens (including phenoxy) is 1. The van der Waals surface area contributed by atoms with Crippen molar-refractivity contribution < 1.29 is 9.53 Å². The molecule has 0 bridgehead atoms. The first kappa shape index (κ1) is 8.72. The van der Waals surface area contributed by atoms with Crippen LogP contribution < -0.4 is 0 Å². The summed E-state index contributed by atoms with van der Waals surface area (Å²) in [5.74, 6) is 0.741. The maximum atomic E-state index is 10.4. The Hall–Kier alpha value is -0.370. The fraction of sp³-hybridized carbons (Fsp3) is 0.889. The van der Waals surface area contributed by atoms with E-state index >= 15 is 0 Å². The van der Waals surface area contributed by atoms with Crippen molar-refractivity contribution in [2.75, 3.05) is 7.11 Å². The van der Waals surface area contributed by atoms with Gasteiger partial charge < -0.3 is 9.53 Å². The van der Waals surface area contributed by atoms with Crippen LogP contribution in [0.1, 0.15) is 32.1 Å². The molecule has 0 radical (unpaired) electrons. The normalized spacial score (nSPS) is 21.9. The summed E-state index contributed by atoms with van der Waals surface area (Å²) in [6.45, 7) is 0. The smallest absolute Gasteiger partial charge is 0.148 e. The average Bonchev–Trinajstić information content (AvgIpc) is 2.52. The van der Waals surface area contributed by atoms with E-state index in [0.717, 1.165) is 18.6 Å². The fourth-order valence-electron chi connectivity index (χ4n) is 1.78. The van der Waals surface area contributed by atoms with E-state index in [2.05, 4.69) is 0 Å². The van der Waals surface area contributed by atoms with Crippen LogP contribution in [0.3, 0.4) is 0 Å². The van der Waals surface area contributed by atoms with Gasteiger partial charge in [-0.2, -0.15) is 0 Å². The third-order valence-corrected chi connectivity index (χ3v) is 2.49. The molecule has 0 aromatic carbocycles. The van der Waals surface area contributed by atoms with E-state index in [1.54, 1.807) is 7.11 Å². The summed E-state index contributed by atoms with van der Waals surface area (Å²) in [6.07, 6.45) is 6.93. The van der Waals surface area contributed by atoms with Crippen LogP contribution in [-0.4, -0.2) is 19.5 Å². The highest BCUT2D eigenvalue weighted by Gasteiger charge is 2.19. The maximum Gasteiger partial charge on any atom is 0.148 e. The number of methoxy groups -OCH3 is 1. The van der Waals surface area contributed by atoms with E-state index in [4.69, 9.17) is 4.74 Å². The van der Waals surface area contributed by atoms with Gasteiger partial charge in [0, 0.05) is 7.11 Å². The Morgan fingerprint density at radius 1 is 1.55 bits per heavy atom. The molecule has 0 aromatic rings. The van der Waals surface area contributed by atoms with Gasteiger partial charge in [0.1, 0.15) is 12.4 Å². The predicted molar refractivity (Wildman–Crippen MR) is 43.4 cm³/mol. The lowest BCUT2D eigenvalue weighted by molar-refractivity contribution is -0.117. The van der Waals surface area contributed by atoms with Gasteiger partial charge >= 0.3 is 0 Å². The van der Waals surface area contributed by atoms with Crippen LogP contribution >= 0.6 is 0 Å². The molecule has 2 nitrogen and oxygen atoms in total. The van der Waals surface area contributed by atoms with Gasteiger partial charge in [-0.25, -0.2) is 0 Å². The molecule has 1 rings (SSSR count). The summed E-state index contributed by atoms with van der Waals surface area (Å²) < 4.78 is 4.99. The van der Waals surface area contributed by atoms with Crippen molar-refractivity contribution in [3.05, 3.63) is 0 Å². The molecule has 0 aromatic heterocycles. The zero-order valence-electron chi connectivity index (χ0n) is 7.08. The zero-order chi connectivity index (χ0) is 8.10. The number of hydrogen-bond donors (Lipinski definition) is 0. The molecule has 0 saturated heterocycles. The molecule has 64 valence electrons. The summed E-state index contributed by atoms with van der Waals surface area (Å²) in [4.78, 5) is 10.4. The second-order valence-corrected chi connectivity index (χ2v) is 3.30. The molecule has 0 N–H and O–H groups in total. The molecule has 11 heavy (non-hydrogen) atoms. The molecular formula is C9H16O2. The summed E-state index contributed by atoms with van der Waals surface area (Å²) >= 11 is 0. The van der Waals surface area contributed by atoms with E-state index in [0.29, 0.717) is 0 Å². The Bertz CT molecular complexity index is 117. The molecule has 0 amide bonds. The molecule has 1 unspecified atom stereocenters. The number of rotatable bonds is 4. The fourth-order valence-corrected chi connectivity index (χ4v) is 1.78. The second-order valence-electron chi connectivity index (χ2n) is 3.30. The molecule has 1 saturated carbocycles. The largest absolute Gasteiger partial charge is 0.374 e. The summed E-state index contributed by atoms with van der Waals surface area (Å²) in [5.41, 5.74) is 0. The van der Waals surface area contributed by atoms with Gasteiger partial charge in [0.25, 0.3) is 0 Å². The lowest BCUT2D eigenvalue weighted by Crippen LogP contribution is -2.15. The Labute approximate surface area is 67.9 Å². The second kappa shape index (κ2) is 4.50. The highest BCUT2D eigenvalue weighted by atomic mass is 16.5. The van der Waals surface area contributed by atoms with E-state index in [9.17, 15) is 4.79 Å². The van der Waals surface area contributed by atoms with Crippen LogP contribution in [0.5, 0.6) is 0 Å². The molecule has 1 aliphatic rings. The minimum atomic E-state index is -0.155. The van der Waals surface area contributed by atoms with E-state index < -0.39 is 0 Å². The molecule has 0 spiro atoms. The molecule has 0 aliphatic heterocycles. The van der Waals surface area contributed by atoms with Gasteiger partial charge in [-0.1, -0.05) is 25.7 Å². The first-order chi connectivity index (χ1) is 5.36. The van der Waals surface area contributed by atoms with Gasteiger partial charge in [0.2, 0.25) is 0 Å². The number of aldehydes is 1. The van der Waals surface area contributed by atoms with Crippen LogP contribution in [0.4, 0.5) is 0 Å². The van der Waals surface area contributed by atoms with Crippen molar-refractivity contribution >= 4 is 6.29 Å². The van der Waals surface area contributed by atoms with Crippen molar-refractivity contribution in [2.45, 2.75) is 38.2 Å². The number of carbonyl (C=O) groups is 1. The van der Waals surface area contributed by atoms with Gasteiger partial charge in [-0.3, -0.25) is 0 Å². The van der Waals surface area contributed by atoms with E-state index in [-0.39, 0.29) is 6.10 Å². The average molecular weight is 156 g/mol. The Morgan fingerprint density at radius 3 is 2.64 bits per heavy atom.